The molecule has 2 atom stereocenters. The molecule has 3 heteroatoms. The summed E-state index contributed by atoms with van der Waals surface area (Å²) >= 11 is 0. The second-order valence-electron chi connectivity index (χ2n) is 5.42. The van der Waals surface area contributed by atoms with E-state index >= 15 is 0 Å². The van der Waals surface area contributed by atoms with Crippen molar-refractivity contribution in [2.24, 2.45) is 11.7 Å². The van der Waals surface area contributed by atoms with Crippen molar-refractivity contribution < 1.29 is 0 Å². The molecule has 3 rings (SSSR count). The number of rotatable bonds is 3. The van der Waals surface area contributed by atoms with Gasteiger partial charge in [-0.2, -0.15) is 5.10 Å². The van der Waals surface area contributed by atoms with E-state index < -0.39 is 0 Å². The van der Waals surface area contributed by atoms with Crippen molar-refractivity contribution in [1.29, 1.82) is 0 Å². The maximum Gasteiger partial charge on any atom is 0.0568 e. The van der Waals surface area contributed by atoms with Gasteiger partial charge >= 0.3 is 0 Å². The van der Waals surface area contributed by atoms with Gasteiger partial charge in [0.25, 0.3) is 0 Å². The maximum atomic E-state index is 5.91. The van der Waals surface area contributed by atoms with Crippen molar-refractivity contribution in [3.8, 4) is 11.1 Å². The third kappa shape index (κ3) is 2.56. The molecule has 100 valence electrons. The van der Waals surface area contributed by atoms with E-state index in [0.717, 1.165) is 6.54 Å². The predicted octanol–water partition coefficient (Wildman–Crippen LogP) is 3.24. The first-order chi connectivity index (χ1) is 9.38. The van der Waals surface area contributed by atoms with Crippen LogP contribution in [0, 0.1) is 5.92 Å². The highest BCUT2D eigenvalue weighted by Crippen LogP contribution is 2.33. The Balaban J connectivity index is 1.84. The molecule has 1 aliphatic carbocycles. The summed E-state index contributed by atoms with van der Waals surface area (Å²) in [6.07, 6.45) is 9.19. The Labute approximate surface area is 114 Å². The number of hydrogen-bond donors (Lipinski definition) is 1. The Morgan fingerprint density at radius 2 is 1.89 bits per heavy atom. The van der Waals surface area contributed by atoms with E-state index in [0.29, 0.717) is 12.0 Å². The summed E-state index contributed by atoms with van der Waals surface area (Å²) in [5.74, 6) is 0.581. The Bertz CT molecular complexity index is 518. The van der Waals surface area contributed by atoms with E-state index in [1.807, 2.05) is 12.3 Å². The van der Waals surface area contributed by atoms with Crippen molar-refractivity contribution >= 4 is 0 Å². The van der Waals surface area contributed by atoms with Crippen LogP contribution in [0.25, 0.3) is 11.1 Å². The predicted molar refractivity (Wildman–Crippen MR) is 77.7 cm³/mol. The smallest absolute Gasteiger partial charge is 0.0568 e. The van der Waals surface area contributed by atoms with Crippen molar-refractivity contribution in [2.45, 2.75) is 31.7 Å². The number of hydrogen-bond acceptors (Lipinski definition) is 2. The van der Waals surface area contributed by atoms with Crippen LogP contribution in [-0.2, 0) is 0 Å². The SMILES string of the molecule is NCC1CCCCC1n1cc(-c2ccccc2)cn1. The Hall–Kier alpha value is -1.61. The second-order valence-corrected chi connectivity index (χ2v) is 5.42. The van der Waals surface area contributed by atoms with E-state index in [4.69, 9.17) is 5.73 Å². The molecule has 0 amide bonds. The quantitative estimate of drug-likeness (QED) is 0.915. The molecule has 1 aromatic carbocycles. The number of nitrogens with zero attached hydrogens (tertiary/aromatic N) is 2. The number of aromatic nitrogens is 2. The highest BCUT2D eigenvalue weighted by atomic mass is 15.3. The van der Waals surface area contributed by atoms with E-state index in [9.17, 15) is 0 Å². The molecular weight excluding hydrogens is 234 g/mol. The second kappa shape index (κ2) is 5.57. The van der Waals surface area contributed by atoms with Crippen LogP contribution in [0.4, 0.5) is 0 Å². The fraction of sp³-hybridized carbons (Fsp3) is 0.438. The third-order valence-electron chi connectivity index (χ3n) is 4.22. The molecule has 0 bridgehead atoms. The molecule has 3 nitrogen and oxygen atoms in total. The minimum Gasteiger partial charge on any atom is -0.330 e. The van der Waals surface area contributed by atoms with Crippen LogP contribution >= 0.6 is 0 Å². The van der Waals surface area contributed by atoms with Gasteiger partial charge in [-0.3, -0.25) is 4.68 Å². The standard InChI is InChI=1S/C16H21N3/c17-10-14-8-4-5-9-16(14)19-12-15(11-18-19)13-6-2-1-3-7-13/h1-3,6-7,11-12,14,16H,4-5,8-10,17H2. The lowest BCUT2D eigenvalue weighted by Crippen LogP contribution is -2.29. The maximum absolute atomic E-state index is 5.91. The third-order valence-corrected chi connectivity index (χ3v) is 4.22. The first-order valence-corrected chi connectivity index (χ1v) is 7.18. The zero-order valence-corrected chi connectivity index (χ0v) is 11.2. The topological polar surface area (TPSA) is 43.8 Å². The van der Waals surface area contributed by atoms with Gasteiger partial charge in [-0.25, -0.2) is 0 Å². The molecule has 1 aromatic heterocycles. The van der Waals surface area contributed by atoms with Crippen LogP contribution in [0.2, 0.25) is 0 Å². The molecule has 2 N–H and O–H groups in total. The monoisotopic (exact) mass is 255 g/mol. The van der Waals surface area contributed by atoms with Gasteiger partial charge in [0, 0.05) is 11.8 Å². The Morgan fingerprint density at radius 1 is 1.11 bits per heavy atom. The van der Waals surface area contributed by atoms with Gasteiger partial charge in [0.05, 0.1) is 12.2 Å². The normalized spacial score (nSPS) is 23.4. The molecule has 1 fully saturated rings. The molecule has 1 aliphatic rings. The van der Waals surface area contributed by atoms with Crippen molar-refractivity contribution in [2.75, 3.05) is 6.54 Å². The average molecular weight is 255 g/mol. The molecule has 2 aromatic rings. The summed E-state index contributed by atoms with van der Waals surface area (Å²) < 4.78 is 2.14. The van der Waals surface area contributed by atoms with Crippen LogP contribution in [-0.4, -0.2) is 16.3 Å². The van der Waals surface area contributed by atoms with Crippen LogP contribution < -0.4 is 5.73 Å². The first kappa shape index (κ1) is 12.4. The van der Waals surface area contributed by atoms with E-state index in [1.165, 1.54) is 36.8 Å². The minimum absolute atomic E-state index is 0.483. The van der Waals surface area contributed by atoms with Gasteiger partial charge in [-0.05, 0) is 30.9 Å². The van der Waals surface area contributed by atoms with Gasteiger partial charge < -0.3 is 5.73 Å². The number of benzene rings is 1. The molecular formula is C16H21N3. The van der Waals surface area contributed by atoms with Crippen LogP contribution in [0.3, 0.4) is 0 Å². The summed E-state index contributed by atoms with van der Waals surface area (Å²) in [6.45, 7) is 0.769. The molecule has 1 saturated carbocycles. The van der Waals surface area contributed by atoms with Gasteiger partial charge in [-0.15, -0.1) is 0 Å². The Kier molecular flexibility index (Phi) is 3.65. The zero-order chi connectivity index (χ0) is 13.1. The van der Waals surface area contributed by atoms with Gasteiger partial charge in [0.15, 0.2) is 0 Å². The zero-order valence-electron chi connectivity index (χ0n) is 11.2. The molecule has 0 saturated heterocycles. The van der Waals surface area contributed by atoms with Gasteiger partial charge in [-0.1, -0.05) is 43.2 Å². The van der Waals surface area contributed by atoms with E-state index in [1.54, 1.807) is 0 Å². The van der Waals surface area contributed by atoms with E-state index in [-0.39, 0.29) is 0 Å². The van der Waals surface area contributed by atoms with Crippen LogP contribution in [0.5, 0.6) is 0 Å². The highest BCUT2D eigenvalue weighted by Gasteiger charge is 2.25. The molecule has 0 spiro atoms. The fourth-order valence-electron chi connectivity index (χ4n) is 3.11. The van der Waals surface area contributed by atoms with Crippen LogP contribution in [0.1, 0.15) is 31.7 Å². The fourth-order valence-corrected chi connectivity index (χ4v) is 3.11. The van der Waals surface area contributed by atoms with E-state index in [2.05, 4.69) is 40.2 Å². The van der Waals surface area contributed by atoms with Gasteiger partial charge in [0.2, 0.25) is 0 Å². The Morgan fingerprint density at radius 3 is 2.68 bits per heavy atom. The molecule has 19 heavy (non-hydrogen) atoms. The first-order valence-electron chi connectivity index (χ1n) is 7.18. The lowest BCUT2D eigenvalue weighted by atomic mass is 9.84. The van der Waals surface area contributed by atoms with Crippen molar-refractivity contribution in [1.82, 2.24) is 9.78 Å². The molecule has 0 aliphatic heterocycles. The molecule has 2 unspecified atom stereocenters. The highest BCUT2D eigenvalue weighted by molar-refractivity contribution is 5.61. The van der Waals surface area contributed by atoms with Crippen molar-refractivity contribution in [3.63, 3.8) is 0 Å². The lowest BCUT2D eigenvalue weighted by molar-refractivity contribution is 0.229. The summed E-state index contributed by atoms with van der Waals surface area (Å²) in [7, 11) is 0. The summed E-state index contributed by atoms with van der Waals surface area (Å²) in [5.41, 5.74) is 8.33. The number of nitrogens with two attached hydrogens (primary N) is 1. The van der Waals surface area contributed by atoms with Crippen LogP contribution in [0.15, 0.2) is 42.7 Å². The minimum atomic E-state index is 0.483. The van der Waals surface area contributed by atoms with Crippen molar-refractivity contribution in [3.05, 3.63) is 42.7 Å². The summed E-state index contributed by atoms with van der Waals surface area (Å²) in [5, 5.41) is 4.58. The summed E-state index contributed by atoms with van der Waals surface area (Å²) in [6, 6.07) is 10.9. The summed E-state index contributed by atoms with van der Waals surface area (Å²) in [4.78, 5) is 0. The average Bonchev–Trinajstić information content (AvgIpc) is 2.98. The largest absolute Gasteiger partial charge is 0.330 e. The molecule has 0 radical (unpaired) electrons. The molecule has 1 heterocycles. The van der Waals surface area contributed by atoms with Gasteiger partial charge in [0.1, 0.15) is 0 Å². The lowest BCUT2D eigenvalue weighted by Gasteiger charge is -2.30.